The van der Waals surface area contributed by atoms with Crippen LogP contribution in [0.4, 0.5) is 0 Å². The molecule has 0 saturated heterocycles. The van der Waals surface area contributed by atoms with Crippen molar-refractivity contribution in [3.63, 3.8) is 0 Å². The van der Waals surface area contributed by atoms with Gasteiger partial charge in [-0.2, -0.15) is 5.10 Å². The molecule has 0 aliphatic carbocycles. The number of carbonyl (C=O) groups is 2. The Labute approximate surface area is 159 Å². The largest absolute Gasteiger partial charge is 0.386 e. The summed E-state index contributed by atoms with van der Waals surface area (Å²) in [6.45, 7) is 4.59. The van der Waals surface area contributed by atoms with Crippen LogP contribution in [0.15, 0.2) is 18.3 Å². The third kappa shape index (κ3) is 4.28. The van der Waals surface area contributed by atoms with Gasteiger partial charge in [-0.05, 0) is 19.1 Å². The average molecular weight is 373 g/mol. The molecule has 146 valence electrons. The number of carbonyl (C=O) groups excluding carboxylic acids is 2. The summed E-state index contributed by atoms with van der Waals surface area (Å²) in [4.78, 5) is 27.1. The third-order valence-electron chi connectivity index (χ3n) is 5.00. The molecular formula is C19H27N5O3. The van der Waals surface area contributed by atoms with Gasteiger partial charge in [0.1, 0.15) is 6.10 Å². The molecule has 1 amide bonds. The van der Waals surface area contributed by atoms with Crippen LogP contribution in [0.3, 0.4) is 0 Å². The van der Waals surface area contributed by atoms with Crippen molar-refractivity contribution in [1.29, 1.82) is 0 Å². The standard InChI is InChI=1S/C19H27N5O3/c1-13(25)14-7-15(22(4)10-14)11-23-5-6-24-16(12-23)8-17(20-24)18(26)9-19(27)21(2)3/h7-8,10,18,26H,5-6,9,11-12H2,1-4H3/t18-/m0/s1. The highest BCUT2D eigenvalue weighted by molar-refractivity contribution is 5.94. The number of Topliss-reactive ketones (excluding diaryl/α,β-unsaturated/α-hetero) is 1. The van der Waals surface area contributed by atoms with E-state index in [4.69, 9.17) is 0 Å². The SMILES string of the molecule is CC(=O)c1cc(CN2CCn3nc([C@@H](O)CC(=O)N(C)C)cc3C2)n(C)c1. The van der Waals surface area contributed by atoms with Crippen molar-refractivity contribution in [1.82, 2.24) is 24.1 Å². The molecule has 1 atom stereocenters. The fourth-order valence-electron chi connectivity index (χ4n) is 3.28. The summed E-state index contributed by atoms with van der Waals surface area (Å²) in [5, 5.41) is 14.8. The normalized spacial score (nSPS) is 15.4. The second-order valence-corrected chi connectivity index (χ2v) is 7.39. The van der Waals surface area contributed by atoms with Gasteiger partial charge in [-0.1, -0.05) is 0 Å². The molecular weight excluding hydrogens is 346 g/mol. The molecule has 0 fully saturated rings. The minimum absolute atomic E-state index is 0.0321. The number of aliphatic hydroxyl groups excluding tert-OH is 1. The number of aliphatic hydroxyl groups is 1. The fraction of sp³-hybridized carbons (Fsp3) is 0.526. The van der Waals surface area contributed by atoms with E-state index in [1.165, 1.54) is 4.90 Å². The van der Waals surface area contributed by atoms with Crippen molar-refractivity contribution in [2.75, 3.05) is 20.6 Å². The van der Waals surface area contributed by atoms with Crippen LogP contribution in [0.5, 0.6) is 0 Å². The molecule has 0 aromatic carbocycles. The molecule has 1 aliphatic heterocycles. The van der Waals surface area contributed by atoms with Crippen molar-refractivity contribution >= 4 is 11.7 Å². The van der Waals surface area contributed by atoms with Crippen LogP contribution < -0.4 is 0 Å². The summed E-state index contributed by atoms with van der Waals surface area (Å²) in [5.41, 5.74) is 3.38. The van der Waals surface area contributed by atoms with Crippen LogP contribution in [-0.2, 0) is 31.5 Å². The zero-order chi connectivity index (χ0) is 19.7. The van der Waals surface area contributed by atoms with Crippen molar-refractivity contribution < 1.29 is 14.7 Å². The summed E-state index contributed by atoms with van der Waals surface area (Å²) in [6, 6.07) is 3.82. The van der Waals surface area contributed by atoms with Gasteiger partial charge in [-0.25, -0.2) is 0 Å². The van der Waals surface area contributed by atoms with E-state index >= 15 is 0 Å². The highest BCUT2D eigenvalue weighted by Gasteiger charge is 2.23. The third-order valence-corrected chi connectivity index (χ3v) is 5.00. The van der Waals surface area contributed by atoms with E-state index in [0.717, 1.165) is 36.6 Å². The summed E-state index contributed by atoms with van der Waals surface area (Å²) < 4.78 is 3.89. The molecule has 0 radical (unpaired) electrons. The van der Waals surface area contributed by atoms with E-state index in [-0.39, 0.29) is 18.1 Å². The van der Waals surface area contributed by atoms with Gasteiger partial charge < -0.3 is 14.6 Å². The Morgan fingerprint density at radius 3 is 2.67 bits per heavy atom. The first kappa shape index (κ1) is 19.3. The van der Waals surface area contributed by atoms with Gasteiger partial charge in [0.25, 0.3) is 0 Å². The minimum Gasteiger partial charge on any atom is -0.386 e. The number of ketones is 1. The van der Waals surface area contributed by atoms with Crippen LogP contribution in [0.2, 0.25) is 0 Å². The lowest BCUT2D eigenvalue weighted by atomic mass is 10.1. The van der Waals surface area contributed by atoms with Crippen LogP contribution in [0, 0.1) is 0 Å². The number of amides is 1. The van der Waals surface area contributed by atoms with Gasteiger partial charge in [0.15, 0.2) is 5.78 Å². The Balaban J connectivity index is 1.67. The number of aromatic nitrogens is 3. The first-order chi connectivity index (χ1) is 12.7. The molecule has 1 aliphatic rings. The molecule has 8 heteroatoms. The maximum atomic E-state index is 11.8. The molecule has 2 aromatic heterocycles. The molecule has 2 aromatic rings. The quantitative estimate of drug-likeness (QED) is 0.763. The van der Waals surface area contributed by atoms with E-state index in [0.29, 0.717) is 12.2 Å². The predicted molar refractivity (Wildman–Crippen MR) is 100 cm³/mol. The lowest BCUT2D eigenvalue weighted by molar-refractivity contribution is -0.130. The van der Waals surface area contributed by atoms with E-state index in [9.17, 15) is 14.7 Å². The number of fused-ring (bicyclic) bond motifs is 1. The number of aryl methyl sites for hydroxylation is 1. The van der Waals surface area contributed by atoms with Gasteiger partial charge in [-0.3, -0.25) is 19.2 Å². The lowest BCUT2D eigenvalue weighted by Gasteiger charge is -2.27. The molecule has 1 N–H and O–H groups in total. The number of hydrogen-bond donors (Lipinski definition) is 1. The molecule has 8 nitrogen and oxygen atoms in total. The summed E-state index contributed by atoms with van der Waals surface area (Å²) in [5.74, 6) is -0.0560. The van der Waals surface area contributed by atoms with E-state index in [2.05, 4.69) is 10.00 Å². The Hall–Kier alpha value is -2.45. The highest BCUT2D eigenvalue weighted by atomic mass is 16.3. The second kappa shape index (κ2) is 7.66. The Morgan fingerprint density at radius 2 is 2.04 bits per heavy atom. The van der Waals surface area contributed by atoms with E-state index in [1.54, 1.807) is 21.0 Å². The molecule has 3 rings (SSSR count). The van der Waals surface area contributed by atoms with Crippen LogP contribution in [-0.4, -0.2) is 61.6 Å². The van der Waals surface area contributed by atoms with Gasteiger partial charge in [-0.15, -0.1) is 0 Å². The monoisotopic (exact) mass is 373 g/mol. The predicted octanol–water partition coefficient (Wildman–Crippen LogP) is 0.952. The first-order valence-corrected chi connectivity index (χ1v) is 9.08. The molecule has 3 heterocycles. The van der Waals surface area contributed by atoms with Crippen LogP contribution in [0.1, 0.15) is 46.9 Å². The van der Waals surface area contributed by atoms with Crippen molar-refractivity contribution in [2.45, 2.75) is 39.1 Å². The van der Waals surface area contributed by atoms with E-state index < -0.39 is 6.10 Å². The second-order valence-electron chi connectivity index (χ2n) is 7.39. The summed E-state index contributed by atoms with van der Waals surface area (Å²) in [6.07, 6.45) is 1.00. The molecule has 0 unspecified atom stereocenters. The van der Waals surface area contributed by atoms with Gasteiger partial charge in [0.05, 0.1) is 24.4 Å². The van der Waals surface area contributed by atoms with Gasteiger partial charge >= 0.3 is 0 Å². The van der Waals surface area contributed by atoms with Crippen molar-refractivity contribution in [3.8, 4) is 0 Å². The van der Waals surface area contributed by atoms with Crippen molar-refractivity contribution in [2.24, 2.45) is 7.05 Å². The average Bonchev–Trinajstić information content (AvgIpc) is 3.18. The Morgan fingerprint density at radius 1 is 1.30 bits per heavy atom. The van der Waals surface area contributed by atoms with Crippen molar-refractivity contribution in [3.05, 3.63) is 41.0 Å². The lowest BCUT2D eigenvalue weighted by Crippen LogP contribution is -2.33. The maximum Gasteiger partial charge on any atom is 0.225 e. The molecule has 27 heavy (non-hydrogen) atoms. The fourth-order valence-corrected chi connectivity index (χ4v) is 3.28. The minimum atomic E-state index is -0.891. The summed E-state index contributed by atoms with van der Waals surface area (Å²) in [7, 11) is 5.30. The smallest absolute Gasteiger partial charge is 0.225 e. The zero-order valence-electron chi connectivity index (χ0n) is 16.3. The maximum absolute atomic E-state index is 11.8. The molecule has 0 bridgehead atoms. The number of rotatable bonds is 6. The first-order valence-electron chi connectivity index (χ1n) is 9.08. The Kier molecular flexibility index (Phi) is 5.48. The van der Waals surface area contributed by atoms with E-state index in [1.807, 2.05) is 34.6 Å². The Bertz CT molecular complexity index is 852. The zero-order valence-corrected chi connectivity index (χ0v) is 16.3. The molecule has 0 spiro atoms. The summed E-state index contributed by atoms with van der Waals surface area (Å²) >= 11 is 0. The van der Waals surface area contributed by atoms with Crippen LogP contribution in [0.25, 0.3) is 0 Å². The molecule has 0 saturated carbocycles. The van der Waals surface area contributed by atoms with Gasteiger partial charge in [0.2, 0.25) is 5.91 Å². The van der Waals surface area contributed by atoms with Gasteiger partial charge in [0, 0.05) is 58.2 Å². The number of hydrogen-bond acceptors (Lipinski definition) is 5. The number of nitrogens with zero attached hydrogens (tertiary/aromatic N) is 5. The highest BCUT2D eigenvalue weighted by Crippen LogP contribution is 2.22. The van der Waals surface area contributed by atoms with Crippen LogP contribution >= 0.6 is 0 Å². The topological polar surface area (TPSA) is 83.6 Å².